The largest absolute Gasteiger partial charge is 0.481 e. The number of carbonyl (C=O) groups is 2. The van der Waals surface area contributed by atoms with Gasteiger partial charge >= 0.3 is 5.97 Å². The molecule has 0 bridgehead atoms. The summed E-state index contributed by atoms with van der Waals surface area (Å²) in [5, 5.41) is 8.61. The predicted molar refractivity (Wildman–Crippen MR) is 74.1 cm³/mol. The van der Waals surface area contributed by atoms with Gasteiger partial charge in [-0.3, -0.25) is 9.59 Å². The van der Waals surface area contributed by atoms with Gasteiger partial charge in [0.15, 0.2) is 0 Å². The lowest BCUT2D eigenvalue weighted by Crippen LogP contribution is -2.44. The monoisotopic (exact) mass is 264 g/mol. The zero-order valence-electron chi connectivity index (χ0n) is 11.3. The quantitative estimate of drug-likeness (QED) is 0.816. The second kappa shape index (κ2) is 6.89. The Hall–Kier alpha value is -1.88. The van der Waals surface area contributed by atoms with Crippen molar-refractivity contribution in [3.05, 3.63) is 29.8 Å². The number of nitrogens with zero attached hydrogens (tertiary/aromatic N) is 1. The van der Waals surface area contributed by atoms with E-state index in [0.717, 1.165) is 11.3 Å². The number of benzene rings is 1. The van der Waals surface area contributed by atoms with Crippen LogP contribution in [0.25, 0.3) is 0 Å². The molecule has 0 radical (unpaired) electrons. The lowest BCUT2D eigenvalue weighted by Gasteiger charge is -2.24. The first-order chi connectivity index (χ1) is 8.95. The summed E-state index contributed by atoms with van der Waals surface area (Å²) in [4.78, 5) is 24.2. The summed E-state index contributed by atoms with van der Waals surface area (Å²) in [5.41, 5.74) is 7.65. The molecule has 0 spiro atoms. The number of hydrogen-bond donors (Lipinski definition) is 2. The third-order valence-corrected chi connectivity index (χ3v) is 2.91. The highest BCUT2D eigenvalue weighted by Crippen LogP contribution is 2.16. The van der Waals surface area contributed by atoms with Crippen molar-refractivity contribution in [2.45, 2.75) is 32.7 Å². The minimum Gasteiger partial charge on any atom is -0.481 e. The lowest BCUT2D eigenvalue weighted by atomic mass is 10.1. The van der Waals surface area contributed by atoms with Gasteiger partial charge in [-0.25, -0.2) is 0 Å². The molecule has 0 aromatic heterocycles. The first-order valence-corrected chi connectivity index (χ1v) is 6.31. The summed E-state index contributed by atoms with van der Waals surface area (Å²) in [6.07, 6.45) is 0.0505. The van der Waals surface area contributed by atoms with E-state index in [0.29, 0.717) is 6.54 Å². The van der Waals surface area contributed by atoms with E-state index in [9.17, 15) is 9.59 Å². The fourth-order valence-electron chi connectivity index (χ4n) is 1.79. The Morgan fingerprint density at radius 2 is 1.89 bits per heavy atom. The van der Waals surface area contributed by atoms with E-state index < -0.39 is 12.0 Å². The minimum atomic E-state index is -0.943. The van der Waals surface area contributed by atoms with E-state index in [1.807, 2.05) is 38.1 Å². The van der Waals surface area contributed by atoms with Gasteiger partial charge in [0.25, 0.3) is 0 Å². The summed E-state index contributed by atoms with van der Waals surface area (Å²) in [7, 11) is 0. The van der Waals surface area contributed by atoms with Crippen LogP contribution in [-0.2, 0) is 9.59 Å². The molecule has 0 aliphatic rings. The molecule has 19 heavy (non-hydrogen) atoms. The lowest BCUT2D eigenvalue weighted by molar-refractivity contribution is -0.137. The van der Waals surface area contributed by atoms with Crippen molar-refractivity contribution in [1.29, 1.82) is 0 Å². The second-order valence-electron chi connectivity index (χ2n) is 4.46. The average Bonchev–Trinajstić information content (AvgIpc) is 2.38. The maximum Gasteiger partial charge on any atom is 0.303 e. The molecule has 1 rings (SSSR count). The number of carboxylic acids is 1. The van der Waals surface area contributed by atoms with E-state index in [-0.39, 0.29) is 18.7 Å². The molecule has 1 atom stereocenters. The van der Waals surface area contributed by atoms with Gasteiger partial charge in [-0.1, -0.05) is 17.7 Å². The number of aryl methyl sites for hydroxylation is 1. The number of aliphatic carboxylic acids is 1. The third-order valence-electron chi connectivity index (χ3n) is 2.91. The number of carboxylic acid groups (broad SMARTS) is 1. The molecule has 0 saturated carbocycles. The van der Waals surface area contributed by atoms with E-state index in [2.05, 4.69) is 0 Å². The highest BCUT2D eigenvalue weighted by Gasteiger charge is 2.21. The van der Waals surface area contributed by atoms with Crippen molar-refractivity contribution < 1.29 is 14.7 Å². The Morgan fingerprint density at radius 3 is 2.37 bits per heavy atom. The molecule has 1 unspecified atom stereocenters. The molecule has 3 N–H and O–H groups in total. The third kappa shape index (κ3) is 4.37. The number of likely N-dealkylation sites (N-methyl/N-ethyl adjacent to an activating group) is 1. The number of carbonyl (C=O) groups excluding carboxylic acids is 1. The van der Waals surface area contributed by atoms with Crippen molar-refractivity contribution in [2.24, 2.45) is 5.73 Å². The maximum atomic E-state index is 12.2. The second-order valence-corrected chi connectivity index (χ2v) is 4.46. The van der Waals surface area contributed by atoms with Gasteiger partial charge in [0.1, 0.15) is 0 Å². The molecule has 1 amide bonds. The van der Waals surface area contributed by atoms with Crippen LogP contribution in [0.1, 0.15) is 25.3 Å². The van der Waals surface area contributed by atoms with Crippen LogP contribution in [0.3, 0.4) is 0 Å². The van der Waals surface area contributed by atoms with E-state index in [4.69, 9.17) is 10.8 Å². The Kier molecular flexibility index (Phi) is 5.51. The summed E-state index contributed by atoms with van der Waals surface area (Å²) in [5.74, 6) is -1.19. The van der Waals surface area contributed by atoms with Gasteiger partial charge in [0.2, 0.25) is 5.91 Å². The van der Waals surface area contributed by atoms with Gasteiger partial charge in [0.05, 0.1) is 6.04 Å². The molecular weight excluding hydrogens is 244 g/mol. The first-order valence-electron chi connectivity index (χ1n) is 6.31. The van der Waals surface area contributed by atoms with Crippen LogP contribution >= 0.6 is 0 Å². The summed E-state index contributed by atoms with van der Waals surface area (Å²) < 4.78 is 0. The van der Waals surface area contributed by atoms with Crippen LogP contribution in [0.5, 0.6) is 0 Å². The van der Waals surface area contributed by atoms with E-state index in [1.165, 1.54) is 0 Å². The van der Waals surface area contributed by atoms with E-state index in [1.54, 1.807) is 4.90 Å². The first kappa shape index (κ1) is 15.2. The van der Waals surface area contributed by atoms with Crippen molar-refractivity contribution in [3.8, 4) is 0 Å². The zero-order valence-corrected chi connectivity index (χ0v) is 11.3. The van der Waals surface area contributed by atoms with Crippen LogP contribution in [0.15, 0.2) is 24.3 Å². The normalized spacial score (nSPS) is 11.9. The molecule has 1 aromatic carbocycles. The SMILES string of the molecule is CCN(C(=O)C(N)CCC(=O)O)c1ccc(C)cc1. The predicted octanol–water partition coefficient (Wildman–Crippen LogP) is 1.54. The Balaban J connectivity index is 2.76. The Labute approximate surface area is 113 Å². The summed E-state index contributed by atoms with van der Waals surface area (Å²) in [6, 6.07) is 6.79. The van der Waals surface area contributed by atoms with Crippen LogP contribution in [0, 0.1) is 6.92 Å². The molecule has 0 fully saturated rings. The molecule has 5 heteroatoms. The number of nitrogens with two attached hydrogens (primary N) is 1. The van der Waals surface area contributed by atoms with Crippen LogP contribution in [-0.4, -0.2) is 29.6 Å². The number of anilines is 1. The van der Waals surface area contributed by atoms with Gasteiger partial charge in [-0.05, 0) is 32.4 Å². The molecule has 1 aromatic rings. The van der Waals surface area contributed by atoms with Crippen LogP contribution in [0.4, 0.5) is 5.69 Å². The van der Waals surface area contributed by atoms with Crippen LogP contribution in [0.2, 0.25) is 0 Å². The van der Waals surface area contributed by atoms with E-state index >= 15 is 0 Å². The number of amides is 1. The Morgan fingerprint density at radius 1 is 1.32 bits per heavy atom. The number of rotatable bonds is 6. The minimum absolute atomic E-state index is 0.0989. The molecule has 0 saturated heterocycles. The van der Waals surface area contributed by atoms with Gasteiger partial charge in [-0.15, -0.1) is 0 Å². The fourth-order valence-corrected chi connectivity index (χ4v) is 1.79. The molecule has 0 aliphatic carbocycles. The van der Waals surface area contributed by atoms with Crippen LogP contribution < -0.4 is 10.6 Å². The smallest absolute Gasteiger partial charge is 0.303 e. The molecule has 104 valence electrons. The number of hydrogen-bond acceptors (Lipinski definition) is 3. The average molecular weight is 264 g/mol. The van der Waals surface area contributed by atoms with Gasteiger partial charge in [0, 0.05) is 18.7 Å². The topological polar surface area (TPSA) is 83.6 Å². The molecule has 0 heterocycles. The summed E-state index contributed by atoms with van der Waals surface area (Å²) in [6.45, 7) is 4.34. The fraction of sp³-hybridized carbons (Fsp3) is 0.429. The standard InChI is InChI=1S/C14H20N2O3/c1-3-16(11-6-4-10(2)5-7-11)14(19)12(15)8-9-13(17)18/h4-7,12H,3,8-9,15H2,1-2H3,(H,17,18). The highest BCUT2D eigenvalue weighted by atomic mass is 16.4. The maximum absolute atomic E-state index is 12.2. The van der Waals surface area contributed by atoms with Crippen molar-refractivity contribution >= 4 is 17.6 Å². The molecular formula is C14H20N2O3. The molecule has 0 aliphatic heterocycles. The highest BCUT2D eigenvalue weighted by molar-refractivity contribution is 5.97. The Bertz CT molecular complexity index is 443. The van der Waals surface area contributed by atoms with Gasteiger partial charge in [-0.2, -0.15) is 0 Å². The summed E-state index contributed by atoms with van der Waals surface area (Å²) >= 11 is 0. The van der Waals surface area contributed by atoms with Crippen molar-refractivity contribution in [3.63, 3.8) is 0 Å². The van der Waals surface area contributed by atoms with Gasteiger partial charge < -0.3 is 15.7 Å². The zero-order chi connectivity index (χ0) is 14.4. The molecule has 5 nitrogen and oxygen atoms in total. The van der Waals surface area contributed by atoms with Crippen molar-refractivity contribution in [2.75, 3.05) is 11.4 Å². The van der Waals surface area contributed by atoms with Crippen molar-refractivity contribution in [1.82, 2.24) is 0 Å².